The molecule has 6 nitrogen and oxygen atoms in total. The van der Waals surface area contributed by atoms with Crippen LogP contribution < -0.4 is 10.7 Å². The average Bonchev–Trinajstić information content (AvgIpc) is 3.45. The van der Waals surface area contributed by atoms with Gasteiger partial charge in [-0.15, -0.1) is 11.3 Å². The monoisotopic (exact) mass is 450 g/mol. The zero-order valence-electron chi connectivity index (χ0n) is 17.4. The van der Waals surface area contributed by atoms with Crippen LogP contribution in [0.25, 0.3) is 38.0 Å². The lowest BCUT2D eigenvalue weighted by Crippen LogP contribution is -2.22. The molecule has 1 N–H and O–H groups in total. The van der Waals surface area contributed by atoms with Gasteiger partial charge in [0.1, 0.15) is 18.1 Å². The number of benzene rings is 3. The van der Waals surface area contributed by atoms with Crippen molar-refractivity contribution in [2.24, 2.45) is 0 Å². The molecule has 160 valence electrons. The molecule has 6 rings (SSSR count). The van der Waals surface area contributed by atoms with Crippen LogP contribution in [0.3, 0.4) is 0 Å². The summed E-state index contributed by atoms with van der Waals surface area (Å²) in [6, 6.07) is 24.6. The number of rotatable bonds is 4. The number of nitrogens with zero attached hydrogens (tertiary/aromatic N) is 3. The number of thiazole rings is 1. The highest BCUT2D eigenvalue weighted by molar-refractivity contribution is 7.15. The van der Waals surface area contributed by atoms with Gasteiger partial charge in [-0.1, -0.05) is 54.6 Å². The van der Waals surface area contributed by atoms with Gasteiger partial charge in [0.2, 0.25) is 5.91 Å². The second-order valence-electron chi connectivity index (χ2n) is 7.73. The summed E-state index contributed by atoms with van der Waals surface area (Å²) in [5.41, 5.74) is 3.09. The third-order valence-electron chi connectivity index (χ3n) is 5.75. The van der Waals surface area contributed by atoms with Crippen LogP contribution in [-0.4, -0.2) is 19.9 Å². The van der Waals surface area contributed by atoms with Crippen molar-refractivity contribution in [3.8, 4) is 11.3 Å². The molecule has 0 fully saturated rings. The molecule has 0 spiro atoms. The quantitative estimate of drug-likeness (QED) is 0.377. The highest BCUT2D eigenvalue weighted by Gasteiger charge is 2.19. The zero-order valence-corrected chi connectivity index (χ0v) is 18.3. The Hall–Kier alpha value is -4.23. The van der Waals surface area contributed by atoms with Gasteiger partial charge in [0.15, 0.2) is 10.4 Å². The van der Waals surface area contributed by atoms with E-state index in [0.29, 0.717) is 16.6 Å². The zero-order chi connectivity index (χ0) is 22.4. The first-order valence-corrected chi connectivity index (χ1v) is 11.4. The third kappa shape index (κ3) is 3.21. The normalized spacial score (nSPS) is 11.4. The molecule has 0 aliphatic rings. The highest BCUT2D eigenvalue weighted by atomic mass is 32.1. The van der Waals surface area contributed by atoms with Gasteiger partial charge in [-0.05, 0) is 24.3 Å². The second kappa shape index (κ2) is 7.72. The van der Waals surface area contributed by atoms with E-state index in [-0.39, 0.29) is 17.9 Å². The molecule has 3 aromatic carbocycles. The number of pyridine rings is 1. The van der Waals surface area contributed by atoms with Gasteiger partial charge in [0.05, 0.1) is 11.0 Å². The highest BCUT2D eigenvalue weighted by Crippen LogP contribution is 2.30. The van der Waals surface area contributed by atoms with Crippen molar-refractivity contribution < 1.29 is 4.79 Å². The van der Waals surface area contributed by atoms with Crippen molar-refractivity contribution in [1.82, 2.24) is 14.0 Å². The van der Waals surface area contributed by atoms with Crippen LogP contribution in [-0.2, 0) is 11.3 Å². The fraction of sp³-hybridized carbons (Fsp3) is 0.0385. The van der Waals surface area contributed by atoms with Crippen molar-refractivity contribution in [3.05, 3.63) is 101 Å². The first kappa shape index (κ1) is 19.5. The number of carbonyl (C=O) groups excluding carboxylic acids is 1. The Morgan fingerprint density at radius 3 is 2.21 bits per heavy atom. The van der Waals surface area contributed by atoms with Crippen molar-refractivity contribution in [3.63, 3.8) is 0 Å². The molecule has 0 atom stereocenters. The SMILES string of the molecule is O=C(Cn1c2ccccc2c(=O)c2ccccc21)Nc1c(-c2ccccc2)nc2sccn12. The lowest BCUT2D eigenvalue weighted by molar-refractivity contribution is -0.116. The molecule has 3 heterocycles. The fourth-order valence-electron chi connectivity index (χ4n) is 4.26. The maximum absolute atomic E-state index is 13.4. The van der Waals surface area contributed by atoms with Gasteiger partial charge in [-0.25, -0.2) is 4.98 Å². The summed E-state index contributed by atoms with van der Waals surface area (Å²) in [6.45, 7) is 0.0624. The van der Waals surface area contributed by atoms with E-state index in [9.17, 15) is 9.59 Å². The Balaban J connectivity index is 1.45. The Bertz CT molecular complexity index is 1650. The van der Waals surface area contributed by atoms with E-state index < -0.39 is 0 Å². The Labute approximate surface area is 192 Å². The van der Waals surface area contributed by atoms with Crippen LogP contribution in [0.5, 0.6) is 0 Å². The molecular formula is C26H18N4O2S. The third-order valence-corrected chi connectivity index (χ3v) is 6.50. The molecule has 0 aliphatic heterocycles. The Kier molecular flexibility index (Phi) is 4.55. The number of anilines is 1. The Morgan fingerprint density at radius 2 is 1.52 bits per heavy atom. The molecule has 6 aromatic rings. The molecule has 0 bridgehead atoms. The molecule has 1 amide bonds. The maximum Gasteiger partial charge on any atom is 0.245 e. The molecule has 0 radical (unpaired) electrons. The number of nitrogens with one attached hydrogen (secondary N) is 1. The summed E-state index contributed by atoms with van der Waals surface area (Å²) < 4.78 is 3.79. The van der Waals surface area contributed by atoms with Crippen LogP contribution >= 0.6 is 11.3 Å². The predicted molar refractivity (Wildman–Crippen MR) is 133 cm³/mol. The fourth-order valence-corrected chi connectivity index (χ4v) is 4.98. The standard InChI is InChI=1S/C26H18N4O2S/c31-22(27-25-23(17-8-2-1-3-9-17)28-26-29(25)14-15-33-26)16-30-20-12-6-4-10-18(20)24(32)19-11-5-7-13-21(19)30/h1-15H,16H2,(H,27,31). The number of carbonyl (C=O) groups is 1. The van der Waals surface area contributed by atoms with Crippen molar-refractivity contribution in [1.29, 1.82) is 0 Å². The van der Waals surface area contributed by atoms with Crippen LogP contribution in [0.15, 0.2) is 95.2 Å². The van der Waals surface area contributed by atoms with Gasteiger partial charge in [0, 0.05) is 27.9 Å². The minimum atomic E-state index is -0.195. The first-order chi connectivity index (χ1) is 16.2. The predicted octanol–water partition coefficient (Wildman–Crippen LogP) is 5.17. The van der Waals surface area contributed by atoms with Crippen molar-refractivity contribution >= 4 is 49.8 Å². The first-order valence-electron chi connectivity index (χ1n) is 10.5. The van der Waals surface area contributed by atoms with Gasteiger partial charge in [-0.3, -0.25) is 14.0 Å². The number of fused-ring (bicyclic) bond motifs is 3. The van der Waals surface area contributed by atoms with E-state index in [1.807, 2.05) is 87.3 Å². The van der Waals surface area contributed by atoms with Crippen molar-refractivity contribution in [2.75, 3.05) is 5.32 Å². The average molecular weight is 451 g/mol. The minimum absolute atomic E-state index is 0.0278. The summed E-state index contributed by atoms with van der Waals surface area (Å²) >= 11 is 1.51. The number of imidazole rings is 1. The molecular weight excluding hydrogens is 432 g/mol. The molecule has 0 unspecified atom stereocenters. The van der Waals surface area contributed by atoms with Crippen LogP contribution in [0.1, 0.15) is 0 Å². The smallest absolute Gasteiger partial charge is 0.245 e. The van der Waals surface area contributed by atoms with Gasteiger partial charge >= 0.3 is 0 Å². The van der Waals surface area contributed by atoms with Crippen LogP contribution in [0, 0.1) is 0 Å². The van der Waals surface area contributed by atoms with E-state index in [1.165, 1.54) is 11.3 Å². The lowest BCUT2D eigenvalue weighted by atomic mass is 10.1. The molecule has 0 saturated heterocycles. The molecule has 0 saturated carbocycles. The van der Waals surface area contributed by atoms with Gasteiger partial charge in [0.25, 0.3) is 0 Å². The molecule has 3 aromatic heterocycles. The summed E-state index contributed by atoms with van der Waals surface area (Å²) in [5, 5.41) is 6.21. The summed E-state index contributed by atoms with van der Waals surface area (Å²) in [5.74, 6) is 0.441. The maximum atomic E-state index is 13.4. The largest absolute Gasteiger partial charge is 0.331 e. The second-order valence-corrected chi connectivity index (χ2v) is 8.60. The van der Waals surface area contributed by atoms with Gasteiger partial charge in [-0.2, -0.15) is 0 Å². The van der Waals surface area contributed by atoms with E-state index in [0.717, 1.165) is 27.3 Å². The van der Waals surface area contributed by atoms with Gasteiger partial charge < -0.3 is 9.88 Å². The molecule has 33 heavy (non-hydrogen) atoms. The van der Waals surface area contributed by atoms with E-state index >= 15 is 0 Å². The summed E-state index contributed by atoms with van der Waals surface area (Å²) in [6.07, 6.45) is 1.90. The number of para-hydroxylation sites is 2. The van der Waals surface area contributed by atoms with Crippen LogP contribution in [0.2, 0.25) is 0 Å². The number of aromatic nitrogens is 3. The number of hydrogen-bond acceptors (Lipinski definition) is 4. The van der Waals surface area contributed by atoms with Crippen LogP contribution in [0.4, 0.5) is 5.82 Å². The van der Waals surface area contributed by atoms with Crippen molar-refractivity contribution in [2.45, 2.75) is 6.54 Å². The van der Waals surface area contributed by atoms with E-state index in [4.69, 9.17) is 4.98 Å². The summed E-state index contributed by atoms with van der Waals surface area (Å²) in [4.78, 5) is 31.9. The molecule has 0 aliphatic carbocycles. The topological polar surface area (TPSA) is 68.4 Å². The molecule has 7 heteroatoms. The Morgan fingerprint density at radius 1 is 0.879 bits per heavy atom. The number of hydrogen-bond donors (Lipinski definition) is 1. The van der Waals surface area contributed by atoms with E-state index in [1.54, 1.807) is 12.1 Å². The lowest BCUT2D eigenvalue weighted by Gasteiger charge is -2.15. The number of amides is 1. The minimum Gasteiger partial charge on any atom is -0.331 e. The van der Waals surface area contributed by atoms with E-state index in [2.05, 4.69) is 5.32 Å². The summed E-state index contributed by atoms with van der Waals surface area (Å²) in [7, 11) is 0.